The van der Waals surface area contributed by atoms with Crippen molar-refractivity contribution >= 4 is 38.5 Å². The van der Waals surface area contributed by atoms with E-state index in [0.29, 0.717) is 34.6 Å². The Kier molecular flexibility index (Phi) is 5.55. The van der Waals surface area contributed by atoms with E-state index < -0.39 is 0 Å². The second-order valence-corrected chi connectivity index (χ2v) is 7.92. The lowest BCUT2D eigenvalue weighted by Crippen LogP contribution is -2.13. The summed E-state index contributed by atoms with van der Waals surface area (Å²) in [5.41, 5.74) is 7.73. The van der Waals surface area contributed by atoms with Crippen LogP contribution in [0.3, 0.4) is 0 Å². The van der Waals surface area contributed by atoms with Crippen LogP contribution in [0.5, 0.6) is 0 Å². The molecule has 3 N–H and O–H groups in total. The van der Waals surface area contributed by atoms with E-state index in [4.69, 9.17) is 5.73 Å². The molecule has 0 bridgehead atoms. The lowest BCUT2D eigenvalue weighted by Gasteiger charge is -2.04. The highest BCUT2D eigenvalue weighted by molar-refractivity contribution is 8.13. The Labute approximate surface area is 154 Å². The Balaban J connectivity index is 1.84. The molecule has 25 heavy (non-hydrogen) atoms. The number of hydrogen-bond donors (Lipinski definition) is 2. The molecule has 0 spiro atoms. The Bertz CT molecular complexity index is 945. The number of hydrogen-bond acceptors (Lipinski definition) is 5. The molecule has 2 aromatic heterocycles. The van der Waals surface area contributed by atoms with Crippen molar-refractivity contribution in [3.05, 3.63) is 51.9 Å². The number of thiophene rings is 1. The molecule has 3 rings (SSSR count). The van der Waals surface area contributed by atoms with Crippen LogP contribution in [0.4, 0.5) is 0 Å². The zero-order chi connectivity index (χ0) is 17.8. The SMILES string of the molecule is CC(C)CN=C(N)SCc1nc2scc(-c3ccccc3)c2c(=O)[nH]1. The number of aromatic amines is 1. The first-order chi connectivity index (χ1) is 12.0. The smallest absolute Gasteiger partial charge is 0.260 e. The average molecular weight is 373 g/mol. The summed E-state index contributed by atoms with van der Waals surface area (Å²) in [5, 5.41) is 3.15. The van der Waals surface area contributed by atoms with Crippen molar-refractivity contribution in [2.45, 2.75) is 19.6 Å². The van der Waals surface area contributed by atoms with Gasteiger partial charge in [0.25, 0.3) is 5.56 Å². The molecule has 3 aromatic rings. The van der Waals surface area contributed by atoms with Gasteiger partial charge >= 0.3 is 0 Å². The summed E-state index contributed by atoms with van der Waals surface area (Å²) in [6.07, 6.45) is 0. The normalized spacial score (nSPS) is 12.2. The van der Waals surface area contributed by atoms with Crippen LogP contribution >= 0.6 is 23.1 Å². The van der Waals surface area contributed by atoms with Crippen LogP contribution in [-0.4, -0.2) is 21.7 Å². The van der Waals surface area contributed by atoms with Gasteiger partial charge in [0.1, 0.15) is 10.7 Å². The maximum Gasteiger partial charge on any atom is 0.260 e. The number of amidine groups is 1. The second-order valence-electron chi connectivity index (χ2n) is 6.07. The molecule has 1 aromatic carbocycles. The zero-order valence-electron chi connectivity index (χ0n) is 14.2. The van der Waals surface area contributed by atoms with Gasteiger partial charge < -0.3 is 10.7 Å². The lowest BCUT2D eigenvalue weighted by molar-refractivity contribution is 0.666. The van der Waals surface area contributed by atoms with E-state index in [9.17, 15) is 4.79 Å². The van der Waals surface area contributed by atoms with Gasteiger partial charge in [-0.1, -0.05) is 55.9 Å². The van der Waals surface area contributed by atoms with E-state index in [0.717, 1.165) is 16.0 Å². The third-order valence-electron chi connectivity index (χ3n) is 3.55. The van der Waals surface area contributed by atoms with Crippen LogP contribution in [0.25, 0.3) is 21.3 Å². The first-order valence-electron chi connectivity index (χ1n) is 8.03. The largest absolute Gasteiger partial charge is 0.379 e. The van der Waals surface area contributed by atoms with Gasteiger partial charge in [0.2, 0.25) is 0 Å². The standard InChI is InChI=1S/C18H20N4OS2/c1-11(2)8-20-18(19)25-10-14-21-16(23)15-13(9-24-17(15)22-14)12-6-4-3-5-7-12/h3-7,9,11H,8,10H2,1-2H3,(H2,19,20)(H,21,22,23). The highest BCUT2D eigenvalue weighted by atomic mass is 32.2. The maximum atomic E-state index is 12.6. The van der Waals surface area contributed by atoms with E-state index >= 15 is 0 Å². The monoisotopic (exact) mass is 372 g/mol. The molecule has 7 heteroatoms. The minimum atomic E-state index is -0.113. The quantitative estimate of drug-likeness (QED) is 0.526. The first-order valence-corrected chi connectivity index (χ1v) is 9.89. The van der Waals surface area contributed by atoms with Crippen LogP contribution in [0.2, 0.25) is 0 Å². The zero-order valence-corrected chi connectivity index (χ0v) is 15.8. The Hall–Kier alpha value is -2.12. The van der Waals surface area contributed by atoms with Crippen molar-refractivity contribution in [3.8, 4) is 11.1 Å². The van der Waals surface area contributed by atoms with Gasteiger partial charge in [0.05, 0.1) is 11.1 Å². The summed E-state index contributed by atoms with van der Waals surface area (Å²) in [6, 6.07) is 9.88. The van der Waals surface area contributed by atoms with Crippen molar-refractivity contribution < 1.29 is 0 Å². The summed E-state index contributed by atoms with van der Waals surface area (Å²) in [4.78, 5) is 25.1. The topological polar surface area (TPSA) is 84.1 Å². The van der Waals surface area contributed by atoms with Gasteiger partial charge in [-0.25, -0.2) is 4.98 Å². The number of aliphatic imine (C=N–C) groups is 1. The molecule has 0 saturated carbocycles. The number of nitrogens with two attached hydrogens (primary N) is 1. The van der Waals surface area contributed by atoms with E-state index in [-0.39, 0.29) is 5.56 Å². The second kappa shape index (κ2) is 7.84. The number of fused-ring (bicyclic) bond motifs is 1. The number of H-pyrrole nitrogens is 1. The van der Waals surface area contributed by atoms with E-state index in [1.807, 2.05) is 35.7 Å². The van der Waals surface area contributed by atoms with Gasteiger partial charge in [0, 0.05) is 17.5 Å². The molecule has 2 heterocycles. The number of nitrogens with one attached hydrogen (secondary N) is 1. The van der Waals surface area contributed by atoms with Crippen LogP contribution in [-0.2, 0) is 5.75 Å². The highest BCUT2D eigenvalue weighted by Crippen LogP contribution is 2.30. The van der Waals surface area contributed by atoms with Crippen molar-refractivity contribution in [1.29, 1.82) is 0 Å². The molecule has 0 radical (unpaired) electrons. The average Bonchev–Trinajstić information content (AvgIpc) is 3.03. The fourth-order valence-corrected chi connectivity index (χ4v) is 3.91. The molecule has 0 aliphatic carbocycles. The Morgan fingerprint density at radius 2 is 2.12 bits per heavy atom. The van der Waals surface area contributed by atoms with Crippen LogP contribution in [0.15, 0.2) is 45.5 Å². The number of thioether (sulfide) groups is 1. The van der Waals surface area contributed by atoms with E-state index in [1.54, 1.807) is 0 Å². The van der Waals surface area contributed by atoms with Gasteiger partial charge in [-0.3, -0.25) is 9.79 Å². The Morgan fingerprint density at radius 3 is 2.84 bits per heavy atom. The Morgan fingerprint density at radius 1 is 1.36 bits per heavy atom. The number of rotatable bonds is 5. The van der Waals surface area contributed by atoms with E-state index in [1.165, 1.54) is 23.1 Å². The third-order valence-corrected chi connectivity index (χ3v) is 5.26. The predicted octanol–water partition coefficient (Wildman–Crippen LogP) is 3.86. The fraction of sp³-hybridized carbons (Fsp3) is 0.278. The summed E-state index contributed by atoms with van der Waals surface area (Å²) >= 11 is 2.88. The van der Waals surface area contributed by atoms with Crippen molar-refractivity contribution in [3.63, 3.8) is 0 Å². The molecule has 0 unspecified atom stereocenters. The summed E-state index contributed by atoms with van der Waals surface area (Å²) in [5.74, 6) is 1.58. The van der Waals surface area contributed by atoms with Gasteiger partial charge in [-0.2, -0.15) is 0 Å². The van der Waals surface area contributed by atoms with Gasteiger partial charge in [-0.15, -0.1) is 11.3 Å². The van der Waals surface area contributed by atoms with Crippen molar-refractivity contribution in [2.75, 3.05) is 6.54 Å². The third kappa shape index (κ3) is 4.29. The summed E-state index contributed by atoms with van der Waals surface area (Å²) < 4.78 is 0. The van der Waals surface area contributed by atoms with Crippen LogP contribution in [0.1, 0.15) is 19.7 Å². The minimum Gasteiger partial charge on any atom is -0.379 e. The molecule has 5 nitrogen and oxygen atoms in total. The predicted molar refractivity (Wildman–Crippen MR) is 108 cm³/mol. The number of nitrogens with zero attached hydrogens (tertiary/aromatic N) is 2. The summed E-state index contributed by atoms with van der Waals surface area (Å²) in [6.45, 7) is 4.89. The van der Waals surface area contributed by atoms with Crippen LogP contribution < -0.4 is 11.3 Å². The molecule has 0 aliphatic rings. The highest BCUT2D eigenvalue weighted by Gasteiger charge is 2.13. The first kappa shape index (κ1) is 17.7. The molecule has 0 fully saturated rings. The molecular weight excluding hydrogens is 352 g/mol. The maximum absolute atomic E-state index is 12.6. The van der Waals surface area contributed by atoms with Gasteiger partial charge in [-0.05, 0) is 11.5 Å². The molecule has 0 amide bonds. The van der Waals surface area contributed by atoms with E-state index in [2.05, 4.69) is 28.8 Å². The number of benzene rings is 1. The van der Waals surface area contributed by atoms with Gasteiger partial charge in [0.15, 0.2) is 5.17 Å². The molecular formula is C18H20N4OS2. The molecule has 0 aliphatic heterocycles. The van der Waals surface area contributed by atoms with Crippen LogP contribution in [0, 0.1) is 5.92 Å². The molecule has 0 atom stereocenters. The van der Waals surface area contributed by atoms with Crippen molar-refractivity contribution in [2.24, 2.45) is 16.6 Å². The minimum absolute atomic E-state index is 0.113. The number of aromatic nitrogens is 2. The fourth-order valence-electron chi connectivity index (χ4n) is 2.35. The lowest BCUT2D eigenvalue weighted by atomic mass is 10.1. The molecule has 0 saturated heterocycles. The summed E-state index contributed by atoms with van der Waals surface area (Å²) in [7, 11) is 0. The van der Waals surface area contributed by atoms with Crippen molar-refractivity contribution in [1.82, 2.24) is 9.97 Å². The molecule has 130 valence electrons.